The van der Waals surface area contributed by atoms with E-state index in [4.69, 9.17) is 21.1 Å². The summed E-state index contributed by atoms with van der Waals surface area (Å²) in [6, 6.07) is 5.99. The Kier molecular flexibility index (Phi) is 3.37. The molecule has 0 bridgehead atoms. The second-order valence-corrected chi connectivity index (χ2v) is 8.66. The van der Waals surface area contributed by atoms with Crippen molar-refractivity contribution < 1.29 is 23.9 Å². The van der Waals surface area contributed by atoms with Gasteiger partial charge >= 0.3 is 11.9 Å². The van der Waals surface area contributed by atoms with Crippen LogP contribution in [0.3, 0.4) is 0 Å². The predicted octanol–water partition coefficient (Wildman–Crippen LogP) is 2.07. The lowest BCUT2D eigenvalue weighted by molar-refractivity contribution is -0.179. The lowest BCUT2D eigenvalue weighted by atomic mass is 9.98. The zero-order chi connectivity index (χ0) is 17.2. The van der Waals surface area contributed by atoms with E-state index >= 15 is 0 Å². The molecular formula is C16H14ClNO5S. The number of carbonyl (C=O) groups excluding carboxylic acids is 3. The van der Waals surface area contributed by atoms with Gasteiger partial charge in [0, 0.05) is 10.3 Å². The van der Waals surface area contributed by atoms with E-state index in [0.717, 1.165) is 0 Å². The average Bonchev–Trinajstić information content (AvgIpc) is 3.00. The Hall–Kier alpha value is -1.73. The van der Waals surface area contributed by atoms with Crippen LogP contribution in [-0.4, -0.2) is 44.3 Å². The number of amides is 1. The van der Waals surface area contributed by atoms with Crippen LogP contribution in [0.25, 0.3) is 0 Å². The van der Waals surface area contributed by atoms with Crippen LogP contribution in [0.15, 0.2) is 24.3 Å². The van der Waals surface area contributed by atoms with Gasteiger partial charge in [0.25, 0.3) is 6.29 Å². The van der Waals surface area contributed by atoms with Crippen molar-refractivity contribution in [1.82, 2.24) is 4.90 Å². The number of cyclic esters (lactones) is 1. The number of rotatable bonds is 2. The van der Waals surface area contributed by atoms with Crippen LogP contribution in [0.2, 0.25) is 0 Å². The molecule has 1 aromatic carbocycles. The van der Waals surface area contributed by atoms with Gasteiger partial charge in [0.1, 0.15) is 16.8 Å². The van der Waals surface area contributed by atoms with Gasteiger partial charge in [0.05, 0.1) is 5.56 Å². The van der Waals surface area contributed by atoms with Gasteiger partial charge in [0.2, 0.25) is 5.91 Å². The number of halogens is 1. The summed E-state index contributed by atoms with van der Waals surface area (Å²) in [5, 5.41) is -0.845. The predicted molar refractivity (Wildman–Crippen MR) is 86.4 cm³/mol. The number of carbonyl (C=O) groups is 3. The fourth-order valence-corrected chi connectivity index (χ4v) is 5.24. The maximum Gasteiger partial charge on any atom is 0.342 e. The molecule has 1 aromatic rings. The second kappa shape index (κ2) is 5.13. The van der Waals surface area contributed by atoms with E-state index in [2.05, 4.69) is 0 Å². The Labute approximate surface area is 147 Å². The van der Waals surface area contributed by atoms with Crippen LogP contribution >= 0.6 is 23.4 Å². The third kappa shape index (κ3) is 2.07. The van der Waals surface area contributed by atoms with Crippen molar-refractivity contribution in [3.63, 3.8) is 0 Å². The summed E-state index contributed by atoms with van der Waals surface area (Å²) in [4.78, 5) is 38.0. The molecule has 1 amide bonds. The van der Waals surface area contributed by atoms with Crippen LogP contribution in [0.1, 0.15) is 36.1 Å². The molecule has 3 heterocycles. The number of esters is 2. The largest absolute Gasteiger partial charge is 0.419 e. The van der Waals surface area contributed by atoms with Crippen molar-refractivity contribution in [3.05, 3.63) is 35.4 Å². The summed E-state index contributed by atoms with van der Waals surface area (Å²) in [5.74, 6) is -1.39. The molecule has 2 saturated heterocycles. The monoisotopic (exact) mass is 367 g/mol. The molecular weight excluding hydrogens is 354 g/mol. The fourth-order valence-electron chi connectivity index (χ4n) is 3.32. The lowest BCUT2D eigenvalue weighted by Gasteiger charge is -2.41. The average molecular weight is 368 g/mol. The quantitative estimate of drug-likeness (QED) is 0.452. The Morgan fingerprint density at radius 2 is 2.04 bits per heavy atom. The number of alkyl halides is 1. The molecule has 2 fully saturated rings. The van der Waals surface area contributed by atoms with Crippen LogP contribution in [0, 0.1) is 0 Å². The van der Waals surface area contributed by atoms with Crippen molar-refractivity contribution in [1.29, 1.82) is 0 Å². The summed E-state index contributed by atoms with van der Waals surface area (Å²) < 4.78 is 10.0. The van der Waals surface area contributed by atoms with Crippen LogP contribution in [0.4, 0.5) is 0 Å². The highest BCUT2D eigenvalue weighted by Crippen LogP contribution is 2.52. The molecule has 4 rings (SSSR count). The molecule has 8 heteroatoms. The lowest BCUT2D eigenvalue weighted by Crippen LogP contribution is -2.63. The first-order valence-electron chi connectivity index (χ1n) is 7.46. The molecule has 0 saturated carbocycles. The minimum absolute atomic E-state index is 0.231. The highest BCUT2D eigenvalue weighted by molar-refractivity contribution is 8.01. The Morgan fingerprint density at radius 1 is 1.33 bits per heavy atom. The summed E-state index contributed by atoms with van der Waals surface area (Å²) in [6.07, 6.45) is -1.08. The first-order chi connectivity index (χ1) is 11.3. The molecule has 3 aliphatic heterocycles. The van der Waals surface area contributed by atoms with Crippen LogP contribution < -0.4 is 0 Å². The number of nitrogens with zero attached hydrogens (tertiary/aromatic N) is 1. The fraction of sp³-hybridized carbons (Fsp3) is 0.438. The molecule has 24 heavy (non-hydrogen) atoms. The van der Waals surface area contributed by atoms with E-state index in [1.54, 1.807) is 24.3 Å². The van der Waals surface area contributed by atoms with Gasteiger partial charge < -0.3 is 14.4 Å². The first-order valence-corrected chi connectivity index (χ1v) is 8.77. The van der Waals surface area contributed by atoms with E-state index in [1.807, 2.05) is 13.8 Å². The Morgan fingerprint density at radius 3 is 2.79 bits per heavy atom. The first kappa shape index (κ1) is 15.8. The van der Waals surface area contributed by atoms with E-state index in [9.17, 15) is 14.4 Å². The standard InChI is InChI=1S/C16H14ClNO5S/c1-16(2)10(18-11(19)9(17)12(18)24-16)14(21)23-15-8-6-4-3-5-7(8)13(20)22-15/h3-6,9-10,12,15H,1-2H3/t9-,10+,12-,15?/m1/s1. The molecule has 0 aromatic heterocycles. The minimum Gasteiger partial charge on any atom is -0.419 e. The highest BCUT2D eigenvalue weighted by Gasteiger charge is 2.64. The summed E-state index contributed by atoms with van der Waals surface area (Å²) in [5.41, 5.74) is 0.898. The number of ether oxygens (including phenoxy) is 2. The normalized spacial score (nSPS) is 32.7. The number of hydrogen-bond donors (Lipinski definition) is 0. The zero-order valence-electron chi connectivity index (χ0n) is 12.9. The van der Waals surface area contributed by atoms with Gasteiger partial charge in [0.15, 0.2) is 0 Å². The van der Waals surface area contributed by atoms with Crippen molar-refractivity contribution in [2.45, 2.75) is 41.7 Å². The van der Waals surface area contributed by atoms with E-state index < -0.39 is 34.4 Å². The number of fused-ring (bicyclic) bond motifs is 2. The number of hydrogen-bond acceptors (Lipinski definition) is 6. The molecule has 126 valence electrons. The van der Waals surface area contributed by atoms with Crippen molar-refractivity contribution in [3.8, 4) is 0 Å². The number of benzene rings is 1. The summed E-state index contributed by atoms with van der Waals surface area (Å²) >= 11 is 7.50. The zero-order valence-corrected chi connectivity index (χ0v) is 14.5. The topological polar surface area (TPSA) is 72.9 Å². The van der Waals surface area contributed by atoms with E-state index in [-0.39, 0.29) is 11.3 Å². The van der Waals surface area contributed by atoms with Gasteiger partial charge in [-0.1, -0.05) is 18.2 Å². The third-order valence-electron chi connectivity index (χ3n) is 4.47. The highest BCUT2D eigenvalue weighted by atomic mass is 35.5. The molecule has 3 aliphatic rings. The van der Waals surface area contributed by atoms with Gasteiger partial charge in [-0.25, -0.2) is 9.59 Å². The Bertz CT molecular complexity index is 767. The molecule has 0 N–H and O–H groups in total. The second-order valence-electron chi connectivity index (χ2n) is 6.42. The summed E-state index contributed by atoms with van der Waals surface area (Å²) in [7, 11) is 0. The number of β-lactam (4-membered cyclic amide) rings is 1. The van der Waals surface area contributed by atoms with Gasteiger partial charge in [-0.15, -0.1) is 23.4 Å². The van der Waals surface area contributed by atoms with E-state index in [0.29, 0.717) is 11.1 Å². The van der Waals surface area contributed by atoms with Crippen molar-refractivity contribution in [2.24, 2.45) is 0 Å². The van der Waals surface area contributed by atoms with Gasteiger partial charge in [-0.3, -0.25) is 4.79 Å². The maximum atomic E-state index is 12.7. The molecule has 6 nitrogen and oxygen atoms in total. The summed E-state index contributed by atoms with van der Waals surface area (Å²) in [6.45, 7) is 3.74. The molecule has 1 unspecified atom stereocenters. The third-order valence-corrected chi connectivity index (χ3v) is 6.62. The molecule has 0 radical (unpaired) electrons. The van der Waals surface area contributed by atoms with E-state index in [1.165, 1.54) is 16.7 Å². The van der Waals surface area contributed by atoms with Crippen LogP contribution in [-0.2, 0) is 19.1 Å². The van der Waals surface area contributed by atoms with Crippen molar-refractivity contribution >= 4 is 41.2 Å². The minimum atomic E-state index is -1.08. The van der Waals surface area contributed by atoms with Gasteiger partial charge in [-0.2, -0.15) is 0 Å². The molecule has 0 aliphatic carbocycles. The van der Waals surface area contributed by atoms with Crippen LogP contribution in [0.5, 0.6) is 0 Å². The van der Waals surface area contributed by atoms with Crippen molar-refractivity contribution in [2.75, 3.05) is 0 Å². The SMILES string of the molecule is CC1(C)S[C@@H]2[C@H](Cl)C(=O)N2[C@H]1C(=O)OC1OC(=O)c2ccccc21. The smallest absolute Gasteiger partial charge is 0.342 e. The van der Waals surface area contributed by atoms with Gasteiger partial charge in [-0.05, 0) is 19.9 Å². The Balaban J connectivity index is 1.57. The maximum absolute atomic E-state index is 12.7. The molecule has 0 spiro atoms. The molecule has 4 atom stereocenters. The number of thioether (sulfide) groups is 1.